The summed E-state index contributed by atoms with van der Waals surface area (Å²) in [5, 5.41) is 18.3. The zero-order chi connectivity index (χ0) is 13.3. The third-order valence-electron chi connectivity index (χ3n) is 3.22. The van der Waals surface area contributed by atoms with Gasteiger partial charge in [-0.1, -0.05) is 0 Å². The number of phenols is 1. The molecule has 2 rings (SSSR count). The minimum absolute atomic E-state index is 0.245. The summed E-state index contributed by atoms with van der Waals surface area (Å²) >= 11 is 0. The maximum absolute atomic E-state index is 9.28. The number of hydrogen-bond donors (Lipinski definition) is 1. The monoisotopic (exact) mass is 241 g/mol. The number of anilines is 2. The number of nitriles is 1. The lowest BCUT2D eigenvalue weighted by molar-refractivity contribution is 0.475. The highest BCUT2D eigenvalue weighted by Gasteiger charge is 2.13. The lowest BCUT2D eigenvalue weighted by Crippen LogP contribution is -2.10. The molecule has 0 fully saturated rings. The van der Waals surface area contributed by atoms with E-state index >= 15 is 0 Å². The van der Waals surface area contributed by atoms with Crippen molar-refractivity contribution in [3.05, 3.63) is 41.7 Å². The fraction of sp³-hybridized carbons (Fsp3) is 0.214. The summed E-state index contributed by atoms with van der Waals surface area (Å²) in [6.07, 6.45) is 0. The fourth-order valence-electron chi connectivity index (χ4n) is 1.95. The van der Waals surface area contributed by atoms with Crippen LogP contribution < -0.4 is 4.90 Å². The zero-order valence-electron chi connectivity index (χ0n) is 10.7. The second-order valence-electron chi connectivity index (χ2n) is 4.25. The average molecular weight is 241 g/mol. The topological polar surface area (TPSA) is 52.2 Å². The van der Waals surface area contributed by atoms with Gasteiger partial charge in [0.1, 0.15) is 17.5 Å². The minimum atomic E-state index is 0.245. The standard InChI is InChI=1S/C14H15N3O/c1-10-14(8-12(9-15)16(10)2)17(3)11-4-6-13(18)7-5-11/h4-8,18H,1-3H3. The smallest absolute Gasteiger partial charge is 0.122 e. The van der Waals surface area contributed by atoms with E-state index in [-0.39, 0.29) is 5.75 Å². The Morgan fingerprint density at radius 1 is 1.28 bits per heavy atom. The van der Waals surface area contributed by atoms with Crippen LogP contribution in [0.1, 0.15) is 11.4 Å². The molecule has 0 atom stereocenters. The predicted molar refractivity (Wildman–Crippen MR) is 71.0 cm³/mol. The number of nitrogens with zero attached hydrogens (tertiary/aromatic N) is 3. The molecular weight excluding hydrogens is 226 g/mol. The van der Waals surface area contributed by atoms with E-state index in [2.05, 4.69) is 6.07 Å². The first-order valence-electron chi connectivity index (χ1n) is 5.63. The van der Waals surface area contributed by atoms with Crippen LogP contribution in [-0.2, 0) is 7.05 Å². The molecule has 2 aromatic rings. The van der Waals surface area contributed by atoms with Gasteiger partial charge in [0, 0.05) is 25.5 Å². The van der Waals surface area contributed by atoms with Crippen LogP contribution in [0.4, 0.5) is 11.4 Å². The molecule has 0 aliphatic heterocycles. The summed E-state index contributed by atoms with van der Waals surface area (Å²) in [6.45, 7) is 1.98. The molecule has 0 saturated heterocycles. The van der Waals surface area contributed by atoms with Gasteiger partial charge in [-0.3, -0.25) is 0 Å². The summed E-state index contributed by atoms with van der Waals surface area (Å²) < 4.78 is 1.87. The molecule has 0 spiro atoms. The third kappa shape index (κ3) is 1.91. The zero-order valence-corrected chi connectivity index (χ0v) is 10.7. The first kappa shape index (κ1) is 12.1. The van der Waals surface area contributed by atoms with E-state index in [4.69, 9.17) is 5.26 Å². The van der Waals surface area contributed by atoms with Crippen molar-refractivity contribution in [2.24, 2.45) is 7.05 Å². The van der Waals surface area contributed by atoms with Gasteiger partial charge < -0.3 is 14.6 Å². The Balaban J connectivity index is 2.43. The van der Waals surface area contributed by atoms with Gasteiger partial charge in [-0.25, -0.2) is 0 Å². The summed E-state index contributed by atoms with van der Waals surface area (Å²) in [5.74, 6) is 0.245. The van der Waals surface area contributed by atoms with E-state index < -0.39 is 0 Å². The number of hydrogen-bond acceptors (Lipinski definition) is 3. The molecule has 4 heteroatoms. The van der Waals surface area contributed by atoms with Gasteiger partial charge in [0.2, 0.25) is 0 Å². The maximum Gasteiger partial charge on any atom is 0.122 e. The number of aromatic nitrogens is 1. The molecule has 4 nitrogen and oxygen atoms in total. The summed E-state index contributed by atoms with van der Waals surface area (Å²) in [4.78, 5) is 2.00. The van der Waals surface area contributed by atoms with Crippen molar-refractivity contribution >= 4 is 11.4 Å². The van der Waals surface area contributed by atoms with Crippen molar-refractivity contribution in [3.8, 4) is 11.8 Å². The van der Waals surface area contributed by atoms with Crippen LogP contribution in [0, 0.1) is 18.3 Å². The highest BCUT2D eigenvalue weighted by Crippen LogP contribution is 2.29. The van der Waals surface area contributed by atoms with E-state index in [0.717, 1.165) is 17.1 Å². The highest BCUT2D eigenvalue weighted by atomic mass is 16.3. The molecule has 92 valence electrons. The predicted octanol–water partition coefficient (Wildman–Crippen LogP) is 2.68. The Kier molecular flexibility index (Phi) is 2.99. The number of rotatable bonds is 2. The molecule has 0 bridgehead atoms. The molecule has 0 aliphatic carbocycles. The quantitative estimate of drug-likeness (QED) is 0.879. The Morgan fingerprint density at radius 3 is 2.39 bits per heavy atom. The van der Waals surface area contributed by atoms with Crippen LogP contribution in [0.3, 0.4) is 0 Å². The van der Waals surface area contributed by atoms with Gasteiger partial charge in [-0.15, -0.1) is 0 Å². The minimum Gasteiger partial charge on any atom is -0.508 e. The molecule has 1 aromatic carbocycles. The van der Waals surface area contributed by atoms with Gasteiger partial charge in [0.15, 0.2) is 0 Å². The van der Waals surface area contributed by atoms with E-state index in [1.807, 2.05) is 48.7 Å². The van der Waals surface area contributed by atoms with Crippen LogP contribution in [0.15, 0.2) is 30.3 Å². The largest absolute Gasteiger partial charge is 0.508 e. The van der Waals surface area contributed by atoms with E-state index in [1.165, 1.54) is 0 Å². The SMILES string of the molecule is Cc1c(N(C)c2ccc(O)cc2)cc(C#N)n1C. The number of benzene rings is 1. The molecule has 0 amide bonds. The molecular formula is C14H15N3O. The van der Waals surface area contributed by atoms with Crippen LogP contribution in [0.5, 0.6) is 5.75 Å². The van der Waals surface area contributed by atoms with Crippen LogP contribution in [0.25, 0.3) is 0 Å². The molecule has 0 radical (unpaired) electrons. The van der Waals surface area contributed by atoms with E-state index in [9.17, 15) is 5.11 Å². The Labute approximate surface area is 106 Å². The first-order valence-corrected chi connectivity index (χ1v) is 5.63. The number of phenolic OH excluding ortho intramolecular Hbond substituents is 1. The molecule has 0 aliphatic rings. The van der Waals surface area contributed by atoms with Crippen molar-refractivity contribution in [3.63, 3.8) is 0 Å². The van der Waals surface area contributed by atoms with Gasteiger partial charge >= 0.3 is 0 Å². The van der Waals surface area contributed by atoms with Crippen molar-refractivity contribution in [2.75, 3.05) is 11.9 Å². The van der Waals surface area contributed by atoms with Crippen molar-refractivity contribution < 1.29 is 5.11 Å². The summed E-state index contributed by atoms with van der Waals surface area (Å²) in [7, 11) is 3.82. The number of aromatic hydroxyl groups is 1. The van der Waals surface area contributed by atoms with E-state index in [0.29, 0.717) is 5.69 Å². The van der Waals surface area contributed by atoms with Gasteiger partial charge in [-0.2, -0.15) is 5.26 Å². The summed E-state index contributed by atoms with van der Waals surface area (Å²) in [5.41, 5.74) is 3.61. The Morgan fingerprint density at radius 2 is 1.89 bits per heavy atom. The lowest BCUT2D eigenvalue weighted by Gasteiger charge is -2.19. The van der Waals surface area contributed by atoms with Crippen molar-refractivity contribution in [2.45, 2.75) is 6.92 Å². The lowest BCUT2D eigenvalue weighted by atomic mass is 10.2. The highest BCUT2D eigenvalue weighted by molar-refractivity contribution is 5.67. The van der Waals surface area contributed by atoms with E-state index in [1.54, 1.807) is 12.1 Å². The van der Waals surface area contributed by atoms with Gasteiger partial charge in [0.25, 0.3) is 0 Å². The Hall–Kier alpha value is -2.41. The molecule has 1 heterocycles. The summed E-state index contributed by atoms with van der Waals surface area (Å²) in [6, 6.07) is 11.0. The van der Waals surface area contributed by atoms with Gasteiger partial charge in [0.05, 0.1) is 5.69 Å². The molecule has 1 aromatic heterocycles. The molecule has 0 unspecified atom stereocenters. The van der Waals surface area contributed by atoms with Crippen LogP contribution in [0.2, 0.25) is 0 Å². The average Bonchev–Trinajstić information content (AvgIpc) is 2.66. The fourth-order valence-corrected chi connectivity index (χ4v) is 1.95. The normalized spacial score (nSPS) is 10.1. The van der Waals surface area contributed by atoms with Crippen LogP contribution in [-0.4, -0.2) is 16.7 Å². The maximum atomic E-state index is 9.28. The molecule has 1 N–H and O–H groups in total. The Bertz CT molecular complexity index is 605. The van der Waals surface area contributed by atoms with Crippen molar-refractivity contribution in [1.29, 1.82) is 5.26 Å². The second-order valence-corrected chi connectivity index (χ2v) is 4.25. The third-order valence-corrected chi connectivity index (χ3v) is 3.22. The molecule has 0 saturated carbocycles. The first-order chi connectivity index (χ1) is 8.54. The molecule has 18 heavy (non-hydrogen) atoms. The second kappa shape index (κ2) is 4.46. The van der Waals surface area contributed by atoms with Crippen molar-refractivity contribution in [1.82, 2.24) is 4.57 Å². The van der Waals surface area contributed by atoms with Gasteiger partial charge in [-0.05, 0) is 37.3 Å². The van der Waals surface area contributed by atoms with Crippen LogP contribution >= 0.6 is 0 Å².